The van der Waals surface area contributed by atoms with E-state index in [-0.39, 0.29) is 12.5 Å². The lowest BCUT2D eigenvalue weighted by Gasteiger charge is -2.15. The average molecular weight is 279 g/mol. The van der Waals surface area contributed by atoms with Gasteiger partial charge in [-0.05, 0) is 24.5 Å². The highest BCUT2D eigenvalue weighted by molar-refractivity contribution is 5.77. The van der Waals surface area contributed by atoms with E-state index >= 15 is 0 Å². The van der Waals surface area contributed by atoms with Crippen LogP contribution in [0.2, 0.25) is 0 Å². The molecular weight excluding hydrogens is 254 g/mol. The van der Waals surface area contributed by atoms with Gasteiger partial charge in [0.2, 0.25) is 0 Å². The molecule has 1 aromatic rings. The van der Waals surface area contributed by atoms with Gasteiger partial charge in [0.25, 0.3) is 5.91 Å². The first-order valence-electron chi connectivity index (χ1n) is 6.86. The van der Waals surface area contributed by atoms with Gasteiger partial charge in [-0.15, -0.1) is 0 Å². The summed E-state index contributed by atoms with van der Waals surface area (Å²) in [5, 5.41) is 2.83. The molecular formula is C15H25N3O2. The van der Waals surface area contributed by atoms with E-state index in [0.717, 1.165) is 12.1 Å². The molecule has 20 heavy (non-hydrogen) atoms. The Hall–Kier alpha value is -1.91. The van der Waals surface area contributed by atoms with Gasteiger partial charge in [0, 0.05) is 32.4 Å². The first-order chi connectivity index (χ1) is 9.40. The Balaban J connectivity index is 2.48. The van der Waals surface area contributed by atoms with E-state index in [1.54, 1.807) is 6.07 Å². The van der Waals surface area contributed by atoms with E-state index in [4.69, 9.17) is 10.5 Å². The van der Waals surface area contributed by atoms with Crippen LogP contribution in [0.4, 0.5) is 11.4 Å². The molecule has 3 N–H and O–H groups in total. The minimum Gasteiger partial charge on any atom is -0.482 e. The molecule has 0 aliphatic rings. The van der Waals surface area contributed by atoms with Crippen LogP contribution in [0.25, 0.3) is 0 Å². The van der Waals surface area contributed by atoms with Crippen molar-refractivity contribution in [3.63, 3.8) is 0 Å². The normalized spacial score (nSPS) is 10.4. The fourth-order valence-corrected chi connectivity index (χ4v) is 1.62. The molecule has 0 aliphatic carbocycles. The topological polar surface area (TPSA) is 67.6 Å². The third kappa shape index (κ3) is 5.38. The predicted octanol–water partition coefficient (Wildman–Crippen LogP) is 1.88. The molecule has 1 rings (SSSR count). The van der Waals surface area contributed by atoms with Crippen molar-refractivity contribution in [2.75, 3.05) is 37.9 Å². The Labute approximate surface area is 121 Å². The van der Waals surface area contributed by atoms with E-state index in [2.05, 4.69) is 19.2 Å². The maximum absolute atomic E-state index is 11.6. The summed E-state index contributed by atoms with van der Waals surface area (Å²) < 4.78 is 5.48. The molecule has 0 unspecified atom stereocenters. The van der Waals surface area contributed by atoms with E-state index in [9.17, 15) is 4.79 Å². The van der Waals surface area contributed by atoms with Crippen molar-refractivity contribution in [3.05, 3.63) is 18.2 Å². The molecule has 1 aromatic carbocycles. The molecule has 0 aliphatic heterocycles. The van der Waals surface area contributed by atoms with Crippen molar-refractivity contribution in [2.24, 2.45) is 5.92 Å². The van der Waals surface area contributed by atoms with Gasteiger partial charge in [-0.3, -0.25) is 4.79 Å². The summed E-state index contributed by atoms with van der Waals surface area (Å²) in [6.07, 6.45) is 0.962. The van der Waals surface area contributed by atoms with Crippen LogP contribution < -0.4 is 20.7 Å². The fourth-order valence-electron chi connectivity index (χ4n) is 1.62. The van der Waals surface area contributed by atoms with Gasteiger partial charge in [-0.1, -0.05) is 13.8 Å². The van der Waals surface area contributed by atoms with Gasteiger partial charge in [-0.25, -0.2) is 0 Å². The molecule has 112 valence electrons. The molecule has 5 nitrogen and oxygen atoms in total. The summed E-state index contributed by atoms with van der Waals surface area (Å²) >= 11 is 0. The SMILES string of the molecule is CC(C)CCNC(=O)COc1cc(N(C)C)ccc1N. The molecule has 0 atom stereocenters. The molecule has 0 saturated carbocycles. The number of carbonyl (C=O) groups is 1. The predicted molar refractivity (Wildman–Crippen MR) is 83.1 cm³/mol. The van der Waals surface area contributed by atoms with Crippen LogP contribution in [0.15, 0.2) is 18.2 Å². The zero-order valence-corrected chi connectivity index (χ0v) is 12.8. The number of nitrogens with zero attached hydrogens (tertiary/aromatic N) is 1. The number of anilines is 2. The highest BCUT2D eigenvalue weighted by atomic mass is 16.5. The summed E-state index contributed by atoms with van der Waals surface area (Å²) in [6.45, 7) is 4.90. The van der Waals surface area contributed by atoms with Gasteiger partial charge >= 0.3 is 0 Å². The summed E-state index contributed by atoms with van der Waals surface area (Å²) in [5.74, 6) is 0.985. The molecule has 0 bridgehead atoms. The van der Waals surface area contributed by atoms with E-state index in [0.29, 0.717) is 23.9 Å². The first kappa shape index (κ1) is 16.1. The highest BCUT2D eigenvalue weighted by Crippen LogP contribution is 2.26. The fraction of sp³-hybridized carbons (Fsp3) is 0.533. The van der Waals surface area contributed by atoms with Gasteiger partial charge < -0.3 is 20.7 Å². The van der Waals surface area contributed by atoms with Crippen LogP contribution in [0.1, 0.15) is 20.3 Å². The smallest absolute Gasteiger partial charge is 0.257 e. The number of benzene rings is 1. The Morgan fingerprint density at radius 1 is 1.40 bits per heavy atom. The molecule has 0 heterocycles. The number of hydrogen-bond acceptors (Lipinski definition) is 4. The standard InChI is InChI=1S/C15H25N3O2/c1-11(2)7-8-17-15(19)10-20-14-9-12(18(3)4)5-6-13(14)16/h5-6,9,11H,7-8,10,16H2,1-4H3,(H,17,19). The van der Waals surface area contributed by atoms with E-state index in [1.807, 2.05) is 31.1 Å². The van der Waals surface area contributed by atoms with Gasteiger partial charge in [-0.2, -0.15) is 0 Å². The molecule has 0 saturated heterocycles. The van der Waals surface area contributed by atoms with Gasteiger partial charge in [0.15, 0.2) is 6.61 Å². The zero-order valence-electron chi connectivity index (χ0n) is 12.8. The quantitative estimate of drug-likeness (QED) is 0.748. The maximum Gasteiger partial charge on any atom is 0.257 e. The summed E-state index contributed by atoms with van der Waals surface area (Å²) in [7, 11) is 3.88. The third-order valence-electron chi connectivity index (χ3n) is 2.92. The lowest BCUT2D eigenvalue weighted by Crippen LogP contribution is -2.30. The third-order valence-corrected chi connectivity index (χ3v) is 2.92. The second-order valence-corrected chi connectivity index (χ2v) is 5.44. The van der Waals surface area contributed by atoms with Gasteiger partial charge in [0.05, 0.1) is 5.69 Å². The van der Waals surface area contributed by atoms with Crippen molar-refractivity contribution in [3.8, 4) is 5.75 Å². The number of nitrogens with two attached hydrogens (primary N) is 1. The number of hydrogen-bond donors (Lipinski definition) is 2. The monoisotopic (exact) mass is 279 g/mol. The van der Waals surface area contributed by atoms with Crippen LogP contribution in [-0.2, 0) is 4.79 Å². The van der Waals surface area contributed by atoms with E-state index in [1.165, 1.54) is 0 Å². The number of nitrogens with one attached hydrogen (secondary N) is 1. The molecule has 1 amide bonds. The van der Waals surface area contributed by atoms with Crippen molar-refractivity contribution in [2.45, 2.75) is 20.3 Å². The lowest BCUT2D eigenvalue weighted by molar-refractivity contribution is -0.123. The molecule has 0 fully saturated rings. The average Bonchev–Trinajstić information content (AvgIpc) is 2.37. The first-order valence-corrected chi connectivity index (χ1v) is 6.86. The van der Waals surface area contributed by atoms with E-state index < -0.39 is 0 Å². The maximum atomic E-state index is 11.6. The van der Waals surface area contributed by atoms with Crippen LogP contribution in [0.3, 0.4) is 0 Å². The van der Waals surface area contributed by atoms with Crippen LogP contribution in [0, 0.1) is 5.92 Å². The number of nitrogen functional groups attached to an aromatic ring is 1. The summed E-state index contributed by atoms with van der Waals surface area (Å²) in [4.78, 5) is 13.6. The van der Waals surface area contributed by atoms with Crippen LogP contribution in [0.5, 0.6) is 5.75 Å². The second kappa shape index (κ2) is 7.62. The minimum atomic E-state index is -0.125. The van der Waals surface area contributed by atoms with Crippen molar-refractivity contribution in [1.82, 2.24) is 5.32 Å². The molecule has 0 aromatic heterocycles. The molecule has 0 spiro atoms. The summed E-state index contributed by atoms with van der Waals surface area (Å²) in [6, 6.07) is 5.52. The number of amides is 1. The largest absolute Gasteiger partial charge is 0.482 e. The van der Waals surface area contributed by atoms with Crippen LogP contribution >= 0.6 is 0 Å². The summed E-state index contributed by atoms with van der Waals surface area (Å²) in [5.41, 5.74) is 7.35. The Morgan fingerprint density at radius 2 is 2.10 bits per heavy atom. The number of rotatable bonds is 7. The Bertz CT molecular complexity index is 445. The van der Waals surface area contributed by atoms with Crippen LogP contribution in [-0.4, -0.2) is 33.2 Å². The zero-order chi connectivity index (χ0) is 15.1. The van der Waals surface area contributed by atoms with Crippen molar-refractivity contribution < 1.29 is 9.53 Å². The number of ether oxygens (including phenoxy) is 1. The highest BCUT2D eigenvalue weighted by Gasteiger charge is 2.07. The van der Waals surface area contributed by atoms with Gasteiger partial charge in [0.1, 0.15) is 5.75 Å². The number of carbonyl (C=O) groups excluding carboxylic acids is 1. The minimum absolute atomic E-state index is 0.0147. The van der Waals surface area contributed by atoms with Crippen molar-refractivity contribution in [1.29, 1.82) is 0 Å². The Kier molecular flexibility index (Phi) is 6.15. The van der Waals surface area contributed by atoms with Crippen molar-refractivity contribution >= 4 is 17.3 Å². The Morgan fingerprint density at radius 3 is 2.70 bits per heavy atom. The lowest BCUT2D eigenvalue weighted by atomic mass is 10.1. The molecule has 0 radical (unpaired) electrons. The second-order valence-electron chi connectivity index (χ2n) is 5.44. The molecule has 5 heteroatoms.